The third-order valence-electron chi connectivity index (χ3n) is 8.59. The van der Waals surface area contributed by atoms with E-state index in [0.717, 1.165) is 74.6 Å². The summed E-state index contributed by atoms with van der Waals surface area (Å²) in [6.45, 7) is 5.22. The first-order valence-corrected chi connectivity index (χ1v) is 14.4. The summed E-state index contributed by atoms with van der Waals surface area (Å²) in [7, 11) is 0. The number of aliphatic carboxylic acids is 1. The molecule has 11 nitrogen and oxygen atoms in total. The molecule has 41 heavy (non-hydrogen) atoms. The second kappa shape index (κ2) is 11.7. The van der Waals surface area contributed by atoms with E-state index in [-0.39, 0.29) is 12.1 Å². The van der Waals surface area contributed by atoms with E-state index in [9.17, 15) is 15.0 Å². The number of pyridine rings is 1. The van der Waals surface area contributed by atoms with Crippen LogP contribution in [0.1, 0.15) is 31.2 Å². The molecule has 2 unspecified atom stereocenters. The van der Waals surface area contributed by atoms with Gasteiger partial charge in [0.2, 0.25) is 5.95 Å². The molecule has 2 aromatic heterocycles. The minimum absolute atomic E-state index is 0.157. The molecule has 1 saturated carbocycles. The van der Waals surface area contributed by atoms with Crippen molar-refractivity contribution in [3.8, 4) is 11.1 Å². The van der Waals surface area contributed by atoms with Gasteiger partial charge >= 0.3 is 5.97 Å². The van der Waals surface area contributed by atoms with Crippen molar-refractivity contribution in [2.24, 2.45) is 5.73 Å². The first-order chi connectivity index (χ1) is 19.9. The van der Waals surface area contributed by atoms with Gasteiger partial charge in [0.1, 0.15) is 11.4 Å². The van der Waals surface area contributed by atoms with Crippen molar-refractivity contribution in [2.75, 3.05) is 49.5 Å². The molecule has 0 bridgehead atoms. The number of nitrogens with one attached hydrogen (secondary N) is 1. The molecule has 1 aliphatic carbocycles. The lowest BCUT2D eigenvalue weighted by Gasteiger charge is -2.38. The molecule has 3 aromatic rings. The molecule has 3 fully saturated rings. The average Bonchev–Trinajstić information content (AvgIpc) is 3.72. The number of anilines is 3. The second-order valence-corrected chi connectivity index (χ2v) is 11.4. The van der Waals surface area contributed by atoms with Gasteiger partial charge in [-0.3, -0.25) is 14.6 Å². The van der Waals surface area contributed by atoms with Crippen LogP contribution in [0.3, 0.4) is 0 Å². The highest BCUT2D eigenvalue weighted by atomic mass is 16.4. The Morgan fingerprint density at radius 3 is 2.54 bits per heavy atom. The summed E-state index contributed by atoms with van der Waals surface area (Å²) in [5.74, 6) is 0.668. The molecule has 6 rings (SSSR count). The fraction of sp³-hybridized carbons (Fsp3) is 0.467. The summed E-state index contributed by atoms with van der Waals surface area (Å²) in [6, 6.07) is 12.4. The van der Waals surface area contributed by atoms with Crippen molar-refractivity contribution < 1.29 is 15.0 Å². The standard InChI is InChI=1S/C30H38N8O3/c31-8-4-25-16-26(39)20-38(25)29-33-17-23(18-34-29)22-5-9-32-27(15-22)35-24-3-1-2-21(14-24)19-36-10-12-37(13-11-36)30(6-7-30)28(40)41/h1-3,5,9,14-15,17-18,25-26,39H,4,6-8,10-13,16,19-20,31H2,(H,32,35)(H,40,41). The molecular weight excluding hydrogens is 520 g/mol. The summed E-state index contributed by atoms with van der Waals surface area (Å²) >= 11 is 0. The molecule has 0 spiro atoms. The highest BCUT2D eigenvalue weighted by molar-refractivity contribution is 5.82. The Bertz CT molecular complexity index is 1360. The van der Waals surface area contributed by atoms with Gasteiger partial charge in [-0.2, -0.15) is 0 Å². The lowest BCUT2D eigenvalue weighted by molar-refractivity contribution is -0.146. The number of carboxylic acids is 1. The highest BCUT2D eigenvalue weighted by Gasteiger charge is 2.55. The summed E-state index contributed by atoms with van der Waals surface area (Å²) in [5.41, 5.74) is 9.16. The maximum atomic E-state index is 11.7. The third-order valence-corrected chi connectivity index (χ3v) is 8.59. The Kier molecular flexibility index (Phi) is 7.85. The lowest BCUT2D eigenvalue weighted by atomic mass is 10.1. The van der Waals surface area contributed by atoms with Crippen molar-refractivity contribution >= 4 is 23.4 Å². The van der Waals surface area contributed by atoms with Crippen LogP contribution in [-0.4, -0.2) is 97.9 Å². The number of aliphatic hydroxyl groups is 1. The predicted molar refractivity (Wildman–Crippen MR) is 157 cm³/mol. The van der Waals surface area contributed by atoms with Crippen LogP contribution in [-0.2, 0) is 11.3 Å². The van der Waals surface area contributed by atoms with Gasteiger partial charge in [-0.1, -0.05) is 12.1 Å². The normalized spacial score (nSPS) is 22.5. The number of carboxylic acid groups (broad SMARTS) is 1. The van der Waals surface area contributed by atoms with Crippen LogP contribution in [0.5, 0.6) is 0 Å². The number of aliphatic hydroxyl groups excluding tert-OH is 1. The number of hydrogen-bond donors (Lipinski definition) is 4. The number of nitrogens with two attached hydrogens (primary N) is 1. The van der Waals surface area contributed by atoms with Crippen molar-refractivity contribution in [2.45, 2.75) is 49.9 Å². The second-order valence-electron chi connectivity index (χ2n) is 11.4. The molecule has 4 heterocycles. The Labute approximate surface area is 240 Å². The monoisotopic (exact) mass is 558 g/mol. The number of benzene rings is 1. The molecule has 2 saturated heterocycles. The molecule has 11 heteroatoms. The van der Waals surface area contributed by atoms with Gasteiger partial charge in [0.25, 0.3) is 0 Å². The van der Waals surface area contributed by atoms with Crippen molar-refractivity contribution in [3.63, 3.8) is 0 Å². The van der Waals surface area contributed by atoms with E-state index < -0.39 is 11.5 Å². The number of aromatic nitrogens is 3. The fourth-order valence-corrected chi connectivity index (χ4v) is 6.17. The minimum Gasteiger partial charge on any atom is -0.480 e. The first-order valence-electron chi connectivity index (χ1n) is 14.4. The number of hydrogen-bond acceptors (Lipinski definition) is 10. The van der Waals surface area contributed by atoms with E-state index in [0.29, 0.717) is 25.5 Å². The zero-order valence-electron chi connectivity index (χ0n) is 23.2. The molecule has 2 aliphatic heterocycles. The Balaban J connectivity index is 1.07. The molecule has 0 radical (unpaired) electrons. The van der Waals surface area contributed by atoms with Crippen LogP contribution in [0.25, 0.3) is 11.1 Å². The molecule has 2 atom stereocenters. The fourth-order valence-electron chi connectivity index (χ4n) is 6.17. The zero-order chi connectivity index (χ0) is 28.4. The number of rotatable bonds is 10. The minimum atomic E-state index is -0.675. The van der Waals surface area contributed by atoms with Crippen LogP contribution in [0.2, 0.25) is 0 Å². The molecule has 216 valence electrons. The van der Waals surface area contributed by atoms with Crippen LogP contribution < -0.4 is 16.0 Å². The predicted octanol–water partition coefficient (Wildman–Crippen LogP) is 2.31. The van der Waals surface area contributed by atoms with Crippen LogP contribution in [0.15, 0.2) is 55.0 Å². The summed E-state index contributed by atoms with van der Waals surface area (Å²) < 4.78 is 0. The molecule has 1 aromatic carbocycles. The van der Waals surface area contributed by atoms with Crippen molar-refractivity contribution in [1.29, 1.82) is 0 Å². The molecular formula is C30H38N8O3. The largest absolute Gasteiger partial charge is 0.480 e. The van der Waals surface area contributed by atoms with E-state index in [2.05, 4.69) is 42.2 Å². The van der Waals surface area contributed by atoms with Gasteiger partial charge in [-0.25, -0.2) is 15.0 Å². The highest BCUT2D eigenvalue weighted by Crippen LogP contribution is 2.42. The lowest BCUT2D eigenvalue weighted by Crippen LogP contribution is -2.53. The summed E-state index contributed by atoms with van der Waals surface area (Å²) in [6.07, 6.45) is 8.03. The topological polar surface area (TPSA) is 144 Å². The van der Waals surface area contributed by atoms with Gasteiger partial charge in [0.05, 0.1) is 6.10 Å². The Morgan fingerprint density at radius 2 is 1.83 bits per heavy atom. The van der Waals surface area contributed by atoms with E-state index >= 15 is 0 Å². The number of carbonyl (C=O) groups is 1. The van der Waals surface area contributed by atoms with Crippen LogP contribution >= 0.6 is 0 Å². The maximum absolute atomic E-state index is 11.7. The van der Waals surface area contributed by atoms with Crippen molar-refractivity contribution in [1.82, 2.24) is 24.8 Å². The van der Waals surface area contributed by atoms with E-state index in [4.69, 9.17) is 5.73 Å². The number of piperazine rings is 1. The first kappa shape index (κ1) is 27.5. The molecule has 5 N–H and O–H groups in total. The van der Waals surface area contributed by atoms with Crippen LogP contribution in [0.4, 0.5) is 17.5 Å². The average molecular weight is 559 g/mol. The van der Waals surface area contributed by atoms with E-state index in [1.807, 2.05) is 41.6 Å². The quantitative estimate of drug-likeness (QED) is 0.291. The van der Waals surface area contributed by atoms with Gasteiger partial charge < -0.3 is 26.2 Å². The number of nitrogens with zero attached hydrogens (tertiary/aromatic N) is 6. The smallest absolute Gasteiger partial charge is 0.324 e. The van der Waals surface area contributed by atoms with Gasteiger partial charge in [0, 0.05) is 75.2 Å². The molecule has 0 amide bonds. The summed E-state index contributed by atoms with van der Waals surface area (Å²) in [4.78, 5) is 32.0. The van der Waals surface area contributed by atoms with Gasteiger partial charge in [0.15, 0.2) is 0 Å². The van der Waals surface area contributed by atoms with Gasteiger partial charge in [-0.15, -0.1) is 0 Å². The molecule has 3 aliphatic rings. The van der Waals surface area contributed by atoms with E-state index in [1.54, 1.807) is 6.20 Å². The third kappa shape index (κ3) is 6.03. The van der Waals surface area contributed by atoms with Crippen LogP contribution in [0, 0.1) is 0 Å². The Hall–Kier alpha value is -3.64. The van der Waals surface area contributed by atoms with E-state index in [1.165, 1.54) is 5.56 Å². The SMILES string of the molecule is NCCC1CC(O)CN1c1ncc(-c2ccnc(Nc3cccc(CN4CCN(C5(C(=O)O)CC5)CC4)c3)c2)cn1. The maximum Gasteiger partial charge on any atom is 0.324 e. The summed E-state index contributed by atoms with van der Waals surface area (Å²) in [5, 5.41) is 23.1. The van der Waals surface area contributed by atoms with Crippen molar-refractivity contribution in [3.05, 3.63) is 60.6 Å². The zero-order valence-corrected chi connectivity index (χ0v) is 23.2. The Morgan fingerprint density at radius 1 is 1.05 bits per heavy atom. The number of β-amino-alcohol motifs (C(OH)–C–C–N with tert-alkyl or cyclic N) is 1. The van der Waals surface area contributed by atoms with Gasteiger partial charge in [-0.05, 0) is 67.6 Å².